The Balaban J connectivity index is 2.70. The third-order valence-electron chi connectivity index (χ3n) is 2.44. The molecule has 3 N–H and O–H groups in total. The molecule has 0 saturated heterocycles. The largest absolute Gasteiger partial charge is 0.383 e. The fourth-order valence-corrected chi connectivity index (χ4v) is 1.99. The lowest BCUT2D eigenvalue weighted by Gasteiger charge is -2.10. The quantitative estimate of drug-likeness (QED) is 0.799. The maximum Gasteiger partial charge on any atom is 0.151 e. The van der Waals surface area contributed by atoms with Crippen LogP contribution in [-0.2, 0) is 9.84 Å². The van der Waals surface area contributed by atoms with Gasteiger partial charge in [0.1, 0.15) is 17.5 Å². The second-order valence-electron chi connectivity index (χ2n) is 3.79. The van der Waals surface area contributed by atoms with Crippen LogP contribution in [0.4, 0.5) is 11.6 Å². The van der Waals surface area contributed by atoms with Gasteiger partial charge in [0.2, 0.25) is 0 Å². The third kappa shape index (κ3) is 3.85. The number of nitrogens with zero attached hydrogens (tertiary/aromatic N) is 2. The van der Waals surface area contributed by atoms with Gasteiger partial charge in [-0.15, -0.1) is 0 Å². The van der Waals surface area contributed by atoms with Crippen LogP contribution in [-0.4, -0.2) is 36.4 Å². The fourth-order valence-electron chi connectivity index (χ4n) is 1.29. The van der Waals surface area contributed by atoms with Gasteiger partial charge in [0.05, 0.1) is 5.75 Å². The zero-order chi connectivity index (χ0) is 13.1. The summed E-state index contributed by atoms with van der Waals surface area (Å²) in [6.45, 7) is 5.50. The van der Waals surface area contributed by atoms with E-state index in [1.807, 2.05) is 0 Å². The van der Waals surface area contributed by atoms with Gasteiger partial charge in [0.15, 0.2) is 9.84 Å². The van der Waals surface area contributed by atoms with Crippen molar-refractivity contribution >= 4 is 21.5 Å². The summed E-state index contributed by atoms with van der Waals surface area (Å²) in [6.07, 6.45) is 0. The molecule has 7 heteroatoms. The third-order valence-corrected chi connectivity index (χ3v) is 4.15. The summed E-state index contributed by atoms with van der Waals surface area (Å²) in [5, 5.41) is 2.97. The van der Waals surface area contributed by atoms with Crippen LogP contribution in [0.25, 0.3) is 0 Å². The van der Waals surface area contributed by atoms with E-state index in [9.17, 15) is 8.42 Å². The number of aryl methyl sites for hydroxylation is 1. The minimum atomic E-state index is -2.96. The normalized spacial score (nSPS) is 11.5. The first-order valence-electron chi connectivity index (χ1n) is 5.40. The van der Waals surface area contributed by atoms with Crippen molar-refractivity contribution in [3.63, 3.8) is 0 Å². The van der Waals surface area contributed by atoms with Gasteiger partial charge in [-0.1, -0.05) is 6.92 Å². The summed E-state index contributed by atoms with van der Waals surface area (Å²) < 4.78 is 22.6. The van der Waals surface area contributed by atoms with E-state index in [1.54, 1.807) is 20.8 Å². The Labute approximate surface area is 102 Å². The molecule has 0 amide bonds. The number of sulfone groups is 1. The van der Waals surface area contributed by atoms with Crippen molar-refractivity contribution in [3.05, 3.63) is 11.4 Å². The van der Waals surface area contributed by atoms with Crippen molar-refractivity contribution in [2.24, 2.45) is 0 Å². The minimum absolute atomic E-state index is 0.0892. The summed E-state index contributed by atoms with van der Waals surface area (Å²) >= 11 is 0. The number of nitrogen functional groups attached to an aromatic ring is 1. The molecular weight excluding hydrogens is 240 g/mol. The van der Waals surface area contributed by atoms with Gasteiger partial charge >= 0.3 is 0 Å². The highest BCUT2D eigenvalue weighted by Gasteiger charge is 2.09. The number of aromatic nitrogens is 2. The molecule has 1 rings (SSSR count). The lowest BCUT2D eigenvalue weighted by atomic mass is 10.3. The first-order valence-corrected chi connectivity index (χ1v) is 7.23. The molecule has 6 nitrogen and oxygen atoms in total. The van der Waals surface area contributed by atoms with Crippen LogP contribution in [0, 0.1) is 13.8 Å². The number of nitrogens with two attached hydrogens (primary N) is 1. The standard InChI is InChI=1S/C10H18N4O2S/c1-4-17(15,16)6-5-12-10-7(2)9(11)13-8(3)14-10/h4-6H2,1-3H3,(H3,11,12,13,14). The zero-order valence-electron chi connectivity index (χ0n) is 10.3. The molecule has 0 unspecified atom stereocenters. The molecule has 0 saturated carbocycles. The Morgan fingerprint density at radius 2 is 1.94 bits per heavy atom. The molecule has 0 spiro atoms. The first kappa shape index (κ1) is 13.7. The second-order valence-corrected chi connectivity index (χ2v) is 6.27. The lowest BCUT2D eigenvalue weighted by Crippen LogP contribution is -2.18. The Bertz CT molecular complexity index is 499. The van der Waals surface area contributed by atoms with Gasteiger partial charge in [-0.25, -0.2) is 18.4 Å². The van der Waals surface area contributed by atoms with Crippen LogP contribution in [0.2, 0.25) is 0 Å². The molecule has 0 aliphatic rings. The van der Waals surface area contributed by atoms with E-state index >= 15 is 0 Å². The molecule has 0 fully saturated rings. The number of nitrogens with one attached hydrogen (secondary N) is 1. The molecule has 1 aromatic rings. The molecule has 0 aromatic carbocycles. The van der Waals surface area contributed by atoms with Crippen molar-refractivity contribution in [2.75, 3.05) is 29.1 Å². The van der Waals surface area contributed by atoms with E-state index < -0.39 is 9.84 Å². The van der Waals surface area contributed by atoms with E-state index in [0.29, 0.717) is 24.0 Å². The van der Waals surface area contributed by atoms with Gasteiger partial charge in [0.25, 0.3) is 0 Å². The summed E-state index contributed by atoms with van der Waals surface area (Å²) in [6, 6.07) is 0. The maximum atomic E-state index is 11.3. The average molecular weight is 258 g/mol. The van der Waals surface area contributed by atoms with Gasteiger partial charge in [-0.2, -0.15) is 0 Å². The predicted octanol–water partition coefficient (Wildman–Crippen LogP) is 0.522. The number of anilines is 2. The Hall–Kier alpha value is -1.37. The zero-order valence-corrected chi connectivity index (χ0v) is 11.1. The summed E-state index contributed by atoms with van der Waals surface area (Å²) in [4.78, 5) is 8.20. The maximum absolute atomic E-state index is 11.3. The molecule has 96 valence electrons. The van der Waals surface area contributed by atoms with Crippen molar-refractivity contribution < 1.29 is 8.42 Å². The molecule has 17 heavy (non-hydrogen) atoms. The molecule has 0 bridgehead atoms. The topological polar surface area (TPSA) is 98.0 Å². The smallest absolute Gasteiger partial charge is 0.151 e. The van der Waals surface area contributed by atoms with E-state index in [0.717, 1.165) is 5.56 Å². The SMILES string of the molecule is CCS(=O)(=O)CCNc1nc(C)nc(N)c1C. The highest BCUT2D eigenvalue weighted by atomic mass is 32.2. The molecule has 1 heterocycles. The number of rotatable bonds is 5. The molecule has 0 aliphatic heterocycles. The summed E-state index contributed by atoms with van der Waals surface area (Å²) in [7, 11) is -2.96. The van der Waals surface area contributed by atoms with Crippen molar-refractivity contribution in [2.45, 2.75) is 20.8 Å². The van der Waals surface area contributed by atoms with E-state index in [1.165, 1.54) is 0 Å². The Morgan fingerprint density at radius 3 is 2.53 bits per heavy atom. The van der Waals surface area contributed by atoms with Crippen LogP contribution in [0.1, 0.15) is 18.3 Å². The minimum Gasteiger partial charge on any atom is -0.383 e. The number of hydrogen-bond acceptors (Lipinski definition) is 6. The van der Waals surface area contributed by atoms with Crippen molar-refractivity contribution in [3.8, 4) is 0 Å². The van der Waals surface area contributed by atoms with Crippen molar-refractivity contribution in [1.29, 1.82) is 0 Å². The van der Waals surface area contributed by atoms with Crippen molar-refractivity contribution in [1.82, 2.24) is 9.97 Å². The molecular formula is C10H18N4O2S. The van der Waals surface area contributed by atoms with Crippen LogP contribution < -0.4 is 11.1 Å². The lowest BCUT2D eigenvalue weighted by molar-refractivity contribution is 0.597. The van der Waals surface area contributed by atoms with Crippen LogP contribution in [0.5, 0.6) is 0 Å². The molecule has 0 aliphatic carbocycles. The summed E-state index contributed by atoms with van der Waals surface area (Å²) in [5.74, 6) is 1.82. The highest BCUT2D eigenvalue weighted by Crippen LogP contribution is 2.16. The van der Waals surface area contributed by atoms with Crippen LogP contribution in [0.3, 0.4) is 0 Å². The average Bonchev–Trinajstić information content (AvgIpc) is 2.24. The Kier molecular flexibility index (Phi) is 4.28. The summed E-state index contributed by atoms with van der Waals surface area (Å²) in [5.41, 5.74) is 6.44. The van der Waals surface area contributed by atoms with Crippen LogP contribution in [0.15, 0.2) is 0 Å². The predicted molar refractivity (Wildman–Crippen MR) is 68.7 cm³/mol. The van der Waals surface area contributed by atoms with E-state index in [4.69, 9.17) is 5.73 Å². The van der Waals surface area contributed by atoms with Crippen LogP contribution >= 0.6 is 0 Å². The second kappa shape index (κ2) is 5.31. The monoisotopic (exact) mass is 258 g/mol. The van der Waals surface area contributed by atoms with Gasteiger partial charge < -0.3 is 11.1 Å². The van der Waals surface area contributed by atoms with Gasteiger partial charge in [-0.3, -0.25) is 0 Å². The Morgan fingerprint density at radius 1 is 1.29 bits per heavy atom. The van der Waals surface area contributed by atoms with Gasteiger partial charge in [0, 0.05) is 17.9 Å². The fraction of sp³-hybridized carbons (Fsp3) is 0.600. The first-order chi connectivity index (χ1) is 7.85. The molecule has 0 atom stereocenters. The molecule has 1 aromatic heterocycles. The van der Waals surface area contributed by atoms with E-state index in [2.05, 4.69) is 15.3 Å². The number of hydrogen-bond donors (Lipinski definition) is 2. The highest BCUT2D eigenvalue weighted by molar-refractivity contribution is 7.91. The van der Waals surface area contributed by atoms with Gasteiger partial charge in [-0.05, 0) is 13.8 Å². The van der Waals surface area contributed by atoms with E-state index in [-0.39, 0.29) is 11.5 Å². The molecule has 0 radical (unpaired) electrons.